The minimum atomic E-state index is 0.636. The Labute approximate surface area is 129 Å². The second kappa shape index (κ2) is 6.85. The molecule has 2 heterocycles. The molecule has 0 aliphatic carbocycles. The lowest BCUT2D eigenvalue weighted by Gasteiger charge is -2.19. The van der Waals surface area contributed by atoms with Gasteiger partial charge in [-0.3, -0.25) is 0 Å². The second-order valence-corrected chi connectivity index (χ2v) is 5.36. The molecular weight excluding hydrogens is 276 g/mol. The predicted molar refractivity (Wildman–Crippen MR) is 84.9 cm³/mol. The van der Waals surface area contributed by atoms with E-state index in [1.165, 1.54) is 25.7 Å². The summed E-state index contributed by atoms with van der Waals surface area (Å²) in [6.45, 7) is 1.98. The monoisotopic (exact) mass is 294 g/mol. The Morgan fingerprint density at radius 3 is 2.45 bits per heavy atom. The summed E-state index contributed by atoms with van der Waals surface area (Å²) < 4.78 is 0. The molecule has 6 nitrogen and oxygen atoms in total. The molecule has 0 unspecified atom stereocenters. The average Bonchev–Trinajstić information content (AvgIpc) is 2.85. The highest BCUT2D eigenvalue weighted by molar-refractivity contribution is 5.57. The number of hydrogen-bond donors (Lipinski definition) is 1. The van der Waals surface area contributed by atoms with Gasteiger partial charge >= 0.3 is 0 Å². The number of aromatic nitrogens is 3. The fraction of sp³-hybridized carbons (Fsp3) is 0.375. The number of rotatable bonds is 3. The van der Waals surface area contributed by atoms with Crippen LogP contribution in [0.5, 0.6) is 0 Å². The van der Waals surface area contributed by atoms with Crippen molar-refractivity contribution in [2.45, 2.75) is 25.7 Å². The van der Waals surface area contributed by atoms with Gasteiger partial charge in [-0.2, -0.15) is 15.3 Å². The molecule has 0 spiro atoms. The third-order valence-corrected chi connectivity index (χ3v) is 3.72. The van der Waals surface area contributed by atoms with Gasteiger partial charge in [-0.15, -0.1) is 5.10 Å². The molecule has 0 amide bonds. The molecule has 1 aromatic carbocycles. The lowest BCUT2D eigenvalue weighted by atomic mass is 10.2. The van der Waals surface area contributed by atoms with E-state index in [0.717, 1.165) is 18.8 Å². The molecule has 1 aliphatic rings. The number of benzene rings is 1. The standard InChI is InChI=1S/C16H18N6/c17-11-13-5-7-14(8-6-13)19-15-12-18-21-16(20-15)22-9-3-1-2-4-10-22/h5-8,12H,1-4,9-10H2,(H,19,20,21). The topological polar surface area (TPSA) is 77.7 Å². The molecule has 22 heavy (non-hydrogen) atoms. The summed E-state index contributed by atoms with van der Waals surface area (Å²) in [5, 5.41) is 20.2. The van der Waals surface area contributed by atoms with Crippen LogP contribution in [0.3, 0.4) is 0 Å². The number of nitriles is 1. The van der Waals surface area contributed by atoms with Crippen molar-refractivity contribution >= 4 is 17.5 Å². The van der Waals surface area contributed by atoms with Crippen LogP contribution in [0.4, 0.5) is 17.5 Å². The van der Waals surface area contributed by atoms with Gasteiger partial charge in [0.15, 0.2) is 5.82 Å². The highest BCUT2D eigenvalue weighted by Gasteiger charge is 2.13. The summed E-state index contributed by atoms with van der Waals surface area (Å²) in [6.07, 6.45) is 6.51. The molecular formula is C16H18N6. The molecule has 1 saturated heterocycles. The first-order chi connectivity index (χ1) is 10.8. The van der Waals surface area contributed by atoms with Crippen LogP contribution >= 0.6 is 0 Å². The van der Waals surface area contributed by atoms with Gasteiger partial charge in [-0.05, 0) is 37.1 Å². The largest absolute Gasteiger partial charge is 0.339 e. The van der Waals surface area contributed by atoms with Gasteiger partial charge in [0.05, 0.1) is 17.8 Å². The molecule has 0 bridgehead atoms. The Morgan fingerprint density at radius 1 is 1.05 bits per heavy atom. The van der Waals surface area contributed by atoms with E-state index in [2.05, 4.69) is 31.5 Å². The van der Waals surface area contributed by atoms with Crippen LogP contribution in [0, 0.1) is 11.3 Å². The van der Waals surface area contributed by atoms with E-state index < -0.39 is 0 Å². The molecule has 0 radical (unpaired) electrons. The smallest absolute Gasteiger partial charge is 0.247 e. The zero-order valence-corrected chi connectivity index (χ0v) is 12.4. The minimum absolute atomic E-state index is 0.636. The summed E-state index contributed by atoms with van der Waals surface area (Å²) in [4.78, 5) is 6.75. The van der Waals surface area contributed by atoms with E-state index in [4.69, 9.17) is 5.26 Å². The highest BCUT2D eigenvalue weighted by atomic mass is 15.3. The Morgan fingerprint density at radius 2 is 1.77 bits per heavy atom. The Kier molecular flexibility index (Phi) is 4.44. The average molecular weight is 294 g/mol. The van der Waals surface area contributed by atoms with Crippen molar-refractivity contribution in [1.82, 2.24) is 15.2 Å². The van der Waals surface area contributed by atoms with Crippen LogP contribution in [0.25, 0.3) is 0 Å². The Bertz CT molecular complexity index is 653. The summed E-state index contributed by atoms with van der Waals surface area (Å²) in [5.74, 6) is 1.35. The van der Waals surface area contributed by atoms with Crippen LogP contribution < -0.4 is 10.2 Å². The van der Waals surface area contributed by atoms with Crippen LogP contribution in [0.1, 0.15) is 31.2 Å². The number of nitrogens with zero attached hydrogens (tertiary/aromatic N) is 5. The van der Waals surface area contributed by atoms with Gasteiger partial charge in [0.25, 0.3) is 0 Å². The molecule has 2 aromatic rings. The fourth-order valence-electron chi connectivity index (χ4n) is 2.54. The maximum atomic E-state index is 8.82. The van der Waals surface area contributed by atoms with E-state index >= 15 is 0 Å². The molecule has 112 valence electrons. The minimum Gasteiger partial charge on any atom is -0.339 e. The molecule has 6 heteroatoms. The van der Waals surface area contributed by atoms with Crippen LogP contribution in [0.15, 0.2) is 30.5 Å². The fourth-order valence-corrected chi connectivity index (χ4v) is 2.54. The first kappa shape index (κ1) is 14.3. The Balaban J connectivity index is 1.74. The van der Waals surface area contributed by atoms with Crippen molar-refractivity contribution in [2.24, 2.45) is 0 Å². The molecule has 1 fully saturated rings. The van der Waals surface area contributed by atoms with Crippen LogP contribution in [-0.4, -0.2) is 28.3 Å². The molecule has 0 atom stereocenters. The summed E-state index contributed by atoms with van der Waals surface area (Å²) in [7, 11) is 0. The summed E-state index contributed by atoms with van der Waals surface area (Å²) >= 11 is 0. The third-order valence-electron chi connectivity index (χ3n) is 3.72. The maximum absolute atomic E-state index is 8.82. The Hall–Kier alpha value is -2.68. The van der Waals surface area contributed by atoms with Gasteiger partial charge in [-0.25, -0.2) is 0 Å². The van der Waals surface area contributed by atoms with Crippen molar-refractivity contribution in [3.05, 3.63) is 36.0 Å². The third kappa shape index (κ3) is 3.50. The van der Waals surface area contributed by atoms with Gasteiger partial charge in [0.2, 0.25) is 5.95 Å². The lowest BCUT2D eigenvalue weighted by Crippen LogP contribution is -2.26. The SMILES string of the molecule is N#Cc1ccc(Nc2cnnc(N3CCCCCC3)n2)cc1. The van der Waals surface area contributed by atoms with Crippen LogP contribution in [-0.2, 0) is 0 Å². The zero-order chi connectivity index (χ0) is 15.2. The zero-order valence-electron chi connectivity index (χ0n) is 12.4. The number of nitrogens with one attached hydrogen (secondary N) is 1. The first-order valence-corrected chi connectivity index (χ1v) is 7.57. The quantitative estimate of drug-likeness (QED) is 0.938. The molecule has 3 rings (SSSR count). The maximum Gasteiger partial charge on any atom is 0.247 e. The second-order valence-electron chi connectivity index (χ2n) is 5.36. The van der Waals surface area contributed by atoms with Gasteiger partial charge < -0.3 is 10.2 Å². The normalized spacial score (nSPS) is 15.0. The first-order valence-electron chi connectivity index (χ1n) is 7.57. The van der Waals surface area contributed by atoms with E-state index in [1.54, 1.807) is 18.3 Å². The summed E-state index contributed by atoms with van der Waals surface area (Å²) in [5.41, 5.74) is 1.51. The number of anilines is 3. The van der Waals surface area contributed by atoms with E-state index in [0.29, 0.717) is 17.3 Å². The van der Waals surface area contributed by atoms with E-state index in [-0.39, 0.29) is 0 Å². The van der Waals surface area contributed by atoms with Gasteiger partial charge in [0, 0.05) is 18.8 Å². The van der Waals surface area contributed by atoms with Gasteiger partial charge in [-0.1, -0.05) is 12.8 Å². The van der Waals surface area contributed by atoms with E-state index in [9.17, 15) is 0 Å². The number of hydrogen-bond acceptors (Lipinski definition) is 6. The highest BCUT2D eigenvalue weighted by Crippen LogP contribution is 2.18. The van der Waals surface area contributed by atoms with Crippen molar-refractivity contribution in [2.75, 3.05) is 23.3 Å². The van der Waals surface area contributed by atoms with Crippen molar-refractivity contribution < 1.29 is 0 Å². The molecule has 0 saturated carbocycles. The lowest BCUT2D eigenvalue weighted by molar-refractivity contribution is 0.726. The van der Waals surface area contributed by atoms with Crippen molar-refractivity contribution in [1.29, 1.82) is 5.26 Å². The predicted octanol–water partition coefficient (Wildman–Crippen LogP) is 2.87. The van der Waals surface area contributed by atoms with Gasteiger partial charge in [0.1, 0.15) is 0 Å². The van der Waals surface area contributed by atoms with Crippen molar-refractivity contribution in [3.8, 4) is 6.07 Å². The molecule has 1 N–H and O–H groups in total. The van der Waals surface area contributed by atoms with Crippen LogP contribution in [0.2, 0.25) is 0 Å². The summed E-state index contributed by atoms with van der Waals surface area (Å²) in [6, 6.07) is 9.35. The van der Waals surface area contributed by atoms with Crippen molar-refractivity contribution in [3.63, 3.8) is 0 Å². The molecule has 1 aliphatic heterocycles. The molecule has 1 aromatic heterocycles. The van der Waals surface area contributed by atoms with E-state index in [1.807, 2.05) is 12.1 Å².